The summed E-state index contributed by atoms with van der Waals surface area (Å²) in [5, 5.41) is 2.91. The van der Waals surface area contributed by atoms with Gasteiger partial charge in [-0.3, -0.25) is 4.79 Å². The zero-order valence-electron chi connectivity index (χ0n) is 16.0. The molecule has 28 heavy (non-hydrogen) atoms. The Bertz CT molecular complexity index is 921. The summed E-state index contributed by atoms with van der Waals surface area (Å²) in [4.78, 5) is 12.3. The minimum atomic E-state index is -0.185. The summed E-state index contributed by atoms with van der Waals surface area (Å²) in [7, 11) is 0. The van der Waals surface area contributed by atoms with Gasteiger partial charge in [0.25, 0.3) is 0 Å². The van der Waals surface area contributed by atoms with E-state index in [1.807, 2.05) is 44.2 Å². The van der Waals surface area contributed by atoms with Crippen molar-refractivity contribution in [3.63, 3.8) is 0 Å². The lowest BCUT2D eigenvalue weighted by atomic mass is 10.1. The number of benzene rings is 2. The van der Waals surface area contributed by atoms with Crippen molar-refractivity contribution in [2.45, 2.75) is 32.9 Å². The molecule has 0 aromatic heterocycles. The number of hydrogen-bond acceptors (Lipinski definition) is 5. The Kier molecular flexibility index (Phi) is 5.10. The van der Waals surface area contributed by atoms with E-state index in [1.165, 1.54) is 6.08 Å². The Hall–Kier alpha value is -3.15. The molecule has 6 nitrogen and oxygen atoms in total. The monoisotopic (exact) mass is 381 g/mol. The standard InChI is InChI=1S/C22H23NO5/c1-3-25-19-10-16-8-14(2)28-20(16)11-17(19)12-23-22(24)7-5-15-4-6-18-21(9-15)27-13-26-18/h4-7,9-11,14H,3,8,12-13H2,1-2H3,(H,23,24)/b7-5+/t14-/m1/s1. The summed E-state index contributed by atoms with van der Waals surface area (Å²) in [6, 6.07) is 9.54. The molecule has 2 aliphatic rings. The second-order valence-electron chi connectivity index (χ2n) is 6.80. The average Bonchev–Trinajstić information content (AvgIpc) is 3.29. The molecule has 146 valence electrons. The lowest BCUT2D eigenvalue weighted by Gasteiger charge is -2.13. The molecule has 1 amide bonds. The van der Waals surface area contributed by atoms with Crippen LogP contribution in [0.3, 0.4) is 0 Å². The van der Waals surface area contributed by atoms with Crippen molar-refractivity contribution in [2.75, 3.05) is 13.4 Å². The van der Waals surface area contributed by atoms with Crippen LogP contribution < -0.4 is 24.3 Å². The molecule has 2 aromatic rings. The van der Waals surface area contributed by atoms with Crippen LogP contribution >= 0.6 is 0 Å². The molecular formula is C22H23NO5. The van der Waals surface area contributed by atoms with Gasteiger partial charge in [0.2, 0.25) is 12.7 Å². The van der Waals surface area contributed by atoms with Gasteiger partial charge in [-0.1, -0.05) is 6.07 Å². The van der Waals surface area contributed by atoms with E-state index in [0.29, 0.717) is 18.9 Å². The van der Waals surface area contributed by atoms with E-state index >= 15 is 0 Å². The topological polar surface area (TPSA) is 66.0 Å². The number of fused-ring (bicyclic) bond motifs is 2. The van der Waals surface area contributed by atoms with Crippen LogP contribution in [0.2, 0.25) is 0 Å². The maximum atomic E-state index is 12.3. The summed E-state index contributed by atoms with van der Waals surface area (Å²) in [5.41, 5.74) is 2.92. The zero-order valence-corrected chi connectivity index (χ0v) is 16.0. The Labute approximate surface area is 164 Å². The third-order valence-corrected chi connectivity index (χ3v) is 4.66. The molecule has 4 rings (SSSR count). The number of amides is 1. The van der Waals surface area contributed by atoms with Gasteiger partial charge >= 0.3 is 0 Å². The van der Waals surface area contributed by atoms with Crippen LogP contribution in [-0.2, 0) is 17.8 Å². The van der Waals surface area contributed by atoms with E-state index in [-0.39, 0.29) is 18.8 Å². The smallest absolute Gasteiger partial charge is 0.244 e. The van der Waals surface area contributed by atoms with Crippen molar-refractivity contribution >= 4 is 12.0 Å². The largest absolute Gasteiger partial charge is 0.494 e. The van der Waals surface area contributed by atoms with Gasteiger partial charge < -0.3 is 24.3 Å². The molecule has 2 aromatic carbocycles. The van der Waals surface area contributed by atoms with Crippen LogP contribution in [0.1, 0.15) is 30.5 Å². The molecule has 0 bridgehead atoms. The first-order valence-electron chi connectivity index (χ1n) is 9.43. The maximum Gasteiger partial charge on any atom is 0.244 e. The third kappa shape index (κ3) is 3.91. The number of carbonyl (C=O) groups excluding carboxylic acids is 1. The lowest BCUT2D eigenvalue weighted by molar-refractivity contribution is -0.116. The molecule has 2 heterocycles. The minimum Gasteiger partial charge on any atom is -0.494 e. The van der Waals surface area contributed by atoms with Crippen LogP contribution in [0.5, 0.6) is 23.0 Å². The first-order valence-corrected chi connectivity index (χ1v) is 9.43. The van der Waals surface area contributed by atoms with Gasteiger partial charge in [0, 0.05) is 30.2 Å². The van der Waals surface area contributed by atoms with Crippen molar-refractivity contribution in [3.8, 4) is 23.0 Å². The van der Waals surface area contributed by atoms with Gasteiger partial charge in [0.05, 0.1) is 6.61 Å². The van der Waals surface area contributed by atoms with Crippen LogP contribution in [0.4, 0.5) is 0 Å². The van der Waals surface area contributed by atoms with Gasteiger partial charge in [-0.05, 0) is 49.8 Å². The Morgan fingerprint density at radius 1 is 1.21 bits per heavy atom. The first kappa shape index (κ1) is 18.2. The van der Waals surface area contributed by atoms with Crippen molar-refractivity contribution in [1.82, 2.24) is 5.32 Å². The minimum absolute atomic E-state index is 0.166. The van der Waals surface area contributed by atoms with Crippen LogP contribution in [0.15, 0.2) is 36.4 Å². The fraction of sp³-hybridized carbons (Fsp3) is 0.318. The summed E-state index contributed by atoms with van der Waals surface area (Å²) < 4.78 is 22.2. The average molecular weight is 381 g/mol. The molecule has 0 spiro atoms. The second kappa shape index (κ2) is 7.84. The molecule has 1 N–H and O–H groups in total. The van der Waals surface area contributed by atoms with Gasteiger partial charge in [-0.15, -0.1) is 0 Å². The fourth-order valence-corrected chi connectivity index (χ4v) is 3.34. The van der Waals surface area contributed by atoms with Gasteiger partial charge in [0.15, 0.2) is 11.5 Å². The highest BCUT2D eigenvalue weighted by Crippen LogP contribution is 2.35. The van der Waals surface area contributed by atoms with Crippen LogP contribution in [-0.4, -0.2) is 25.4 Å². The van der Waals surface area contributed by atoms with Crippen LogP contribution in [0.25, 0.3) is 6.08 Å². The van der Waals surface area contributed by atoms with Crippen molar-refractivity contribution < 1.29 is 23.7 Å². The quantitative estimate of drug-likeness (QED) is 0.776. The molecule has 0 fully saturated rings. The predicted octanol–water partition coefficient (Wildman–Crippen LogP) is 3.47. The van der Waals surface area contributed by atoms with E-state index in [0.717, 1.165) is 40.4 Å². The van der Waals surface area contributed by atoms with Crippen molar-refractivity contribution in [1.29, 1.82) is 0 Å². The molecule has 0 radical (unpaired) electrons. The summed E-state index contributed by atoms with van der Waals surface area (Å²) in [5.74, 6) is 2.89. The molecule has 0 unspecified atom stereocenters. The van der Waals surface area contributed by atoms with E-state index in [4.69, 9.17) is 18.9 Å². The van der Waals surface area contributed by atoms with Crippen molar-refractivity contribution in [2.24, 2.45) is 0 Å². The normalized spacial score (nSPS) is 16.7. The zero-order chi connectivity index (χ0) is 19.5. The van der Waals surface area contributed by atoms with E-state index in [1.54, 1.807) is 6.08 Å². The van der Waals surface area contributed by atoms with Crippen LogP contribution in [0, 0.1) is 0 Å². The molecule has 0 aliphatic carbocycles. The summed E-state index contributed by atoms with van der Waals surface area (Å²) in [6.07, 6.45) is 4.29. The highest BCUT2D eigenvalue weighted by molar-refractivity contribution is 5.91. The number of rotatable bonds is 6. The number of ether oxygens (including phenoxy) is 4. The van der Waals surface area contributed by atoms with E-state index < -0.39 is 0 Å². The number of nitrogens with one attached hydrogen (secondary N) is 1. The third-order valence-electron chi connectivity index (χ3n) is 4.66. The summed E-state index contributed by atoms with van der Waals surface area (Å²) in [6.45, 7) is 5.16. The van der Waals surface area contributed by atoms with Gasteiger partial charge in [-0.25, -0.2) is 0 Å². The first-order chi connectivity index (χ1) is 13.6. The lowest BCUT2D eigenvalue weighted by Crippen LogP contribution is -2.20. The Morgan fingerprint density at radius 2 is 2.07 bits per heavy atom. The summed E-state index contributed by atoms with van der Waals surface area (Å²) >= 11 is 0. The molecule has 0 saturated carbocycles. The highest BCUT2D eigenvalue weighted by Gasteiger charge is 2.22. The molecular weight excluding hydrogens is 358 g/mol. The number of hydrogen-bond donors (Lipinski definition) is 1. The number of carbonyl (C=O) groups is 1. The van der Waals surface area contributed by atoms with E-state index in [2.05, 4.69) is 5.32 Å². The highest BCUT2D eigenvalue weighted by atomic mass is 16.7. The SMILES string of the molecule is CCOc1cc2c(cc1CNC(=O)/C=C/c1ccc3c(c1)OCO3)O[C@H](C)C2. The molecule has 0 saturated heterocycles. The maximum absolute atomic E-state index is 12.3. The van der Waals surface area contributed by atoms with E-state index in [9.17, 15) is 4.79 Å². The molecule has 1 atom stereocenters. The Morgan fingerprint density at radius 3 is 2.93 bits per heavy atom. The van der Waals surface area contributed by atoms with Gasteiger partial charge in [-0.2, -0.15) is 0 Å². The van der Waals surface area contributed by atoms with Crippen molar-refractivity contribution in [3.05, 3.63) is 53.1 Å². The Balaban J connectivity index is 1.41. The van der Waals surface area contributed by atoms with Gasteiger partial charge in [0.1, 0.15) is 17.6 Å². The second-order valence-corrected chi connectivity index (χ2v) is 6.80. The fourth-order valence-electron chi connectivity index (χ4n) is 3.34. The molecule has 2 aliphatic heterocycles. The molecule has 6 heteroatoms. The predicted molar refractivity (Wildman–Crippen MR) is 105 cm³/mol.